The monoisotopic (exact) mass is 457 g/mol. The van der Waals surface area contributed by atoms with Gasteiger partial charge in [0.05, 0.1) is 23.0 Å². The molecule has 0 aliphatic carbocycles. The van der Waals surface area contributed by atoms with Crippen LogP contribution in [-0.2, 0) is 10.2 Å². The number of hydrogen-bond acceptors (Lipinski definition) is 7. The summed E-state index contributed by atoms with van der Waals surface area (Å²) in [5.74, 6) is -0.195. The number of carbonyl (C=O) groups excluding carboxylic acids is 1. The largest absolute Gasteiger partial charge is 0.397 e. The maximum Gasteiger partial charge on any atom is 0.255 e. The van der Waals surface area contributed by atoms with Crippen LogP contribution < -0.4 is 11.1 Å². The van der Waals surface area contributed by atoms with Gasteiger partial charge in [0.2, 0.25) is 0 Å². The van der Waals surface area contributed by atoms with E-state index in [0.717, 1.165) is 34.8 Å². The molecule has 0 radical (unpaired) electrons. The Hall–Kier alpha value is -3.62. The summed E-state index contributed by atoms with van der Waals surface area (Å²) in [4.78, 5) is 26.2. The number of nitrogens with one attached hydrogen (secondary N) is 1. The molecule has 2 aromatic heterocycles. The Bertz CT molecular complexity index is 1250. The number of amides is 1. The summed E-state index contributed by atoms with van der Waals surface area (Å²) in [6, 6.07) is 15.0. The zero-order valence-electron chi connectivity index (χ0n) is 17.9. The number of nitrogens with two attached hydrogens (primary N) is 1. The number of aromatic nitrogens is 3. The van der Waals surface area contributed by atoms with E-state index in [4.69, 9.17) is 15.5 Å². The Morgan fingerprint density at radius 2 is 1.82 bits per heavy atom. The lowest BCUT2D eigenvalue weighted by Gasteiger charge is -2.36. The third kappa shape index (κ3) is 4.22. The first kappa shape index (κ1) is 21.2. The summed E-state index contributed by atoms with van der Waals surface area (Å²) >= 11 is 1.63. The number of para-hydroxylation sites is 2. The van der Waals surface area contributed by atoms with Crippen molar-refractivity contribution < 1.29 is 9.53 Å². The van der Waals surface area contributed by atoms with E-state index in [1.54, 1.807) is 42.1 Å². The van der Waals surface area contributed by atoms with Crippen molar-refractivity contribution in [1.29, 1.82) is 0 Å². The third-order valence-corrected chi connectivity index (χ3v) is 7.04. The average molecular weight is 458 g/mol. The summed E-state index contributed by atoms with van der Waals surface area (Å²) in [7, 11) is 0. The molecule has 0 saturated carbocycles. The van der Waals surface area contributed by atoms with Crippen LogP contribution in [0.3, 0.4) is 0 Å². The summed E-state index contributed by atoms with van der Waals surface area (Å²) < 4.78 is 5.68. The summed E-state index contributed by atoms with van der Waals surface area (Å²) in [6.45, 7) is 1.32. The van der Waals surface area contributed by atoms with Gasteiger partial charge in [-0.05, 0) is 42.7 Å². The van der Waals surface area contributed by atoms with E-state index in [-0.39, 0.29) is 11.3 Å². The normalized spacial score (nSPS) is 15.2. The lowest BCUT2D eigenvalue weighted by molar-refractivity contribution is 0.0630. The summed E-state index contributed by atoms with van der Waals surface area (Å²) in [5, 5.41) is 5.94. The van der Waals surface area contributed by atoms with Crippen molar-refractivity contribution in [2.24, 2.45) is 0 Å². The van der Waals surface area contributed by atoms with E-state index in [1.807, 2.05) is 41.8 Å². The highest BCUT2D eigenvalue weighted by molar-refractivity contribution is 7.10. The molecule has 166 valence electrons. The van der Waals surface area contributed by atoms with E-state index in [9.17, 15) is 4.79 Å². The van der Waals surface area contributed by atoms with Gasteiger partial charge < -0.3 is 15.8 Å². The standard InChI is InChI=1S/C25H23N5O2S/c26-19-3-1-2-4-20(19)29-23(31)17-5-7-18(8-6-17)25(9-13-32-14-10-25)24-30-22(16-33-24)21-15-27-11-12-28-21/h1-8,11-12,15-16H,9-10,13-14,26H2,(H,29,31). The highest BCUT2D eigenvalue weighted by Crippen LogP contribution is 2.43. The lowest BCUT2D eigenvalue weighted by Crippen LogP contribution is -2.35. The minimum Gasteiger partial charge on any atom is -0.397 e. The molecular weight excluding hydrogens is 434 g/mol. The van der Waals surface area contributed by atoms with E-state index in [0.29, 0.717) is 30.2 Å². The topological polar surface area (TPSA) is 103 Å². The molecule has 8 heteroatoms. The number of thiazole rings is 1. The molecule has 3 heterocycles. The van der Waals surface area contributed by atoms with Crippen LogP contribution in [0.15, 0.2) is 72.5 Å². The predicted octanol–water partition coefficient (Wildman–Crippen LogP) is 4.53. The van der Waals surface area contributed by atoms with E-state index in [2.05, 4.69) is 15.3 Å². The van der Waals surface area contributed by atoms with Gasteiger partial charge >= 0.3 is 0 Å². The second-order valence-electron chi connectivity index (χ2n) is 7.94. The Morgan fingerprint density at radius 3 is 2.55 bits per heavy atom. The van der Waals surface area contributed by atoms with Crippen LogP contribution >= 0.6 is 11.3 Å². The van der Waals surface area contributed by atoms with E-state index < -0.39 is 0 Å². The zero-order chi connectivity index (χ0) is 22.7. The van der Waals surface area contributed by atoms with E-state index >= 15 is 0 Å². The Morgan fingerprint density at radius 1 is 1.03 bits per heavy atom. The van der Waals surface area contributed by atoms with Crippen molar-refractivity contribution >= 4 is 28.6 Å². The molecule has 1 fully saturated rings. The fourth-order valence-electron chi connectivity index (χ4n) is 4.13. The van der Waals surface area contributed by atoms with Gasteiger partial charge in [0, 0.05) is 36.6 Å². The summed E-state index contributed by atoms with van der Waals surface area (Å²) in [5.41, 5.74) is 10.1. The lowest BCUT2D eigenvalue weighted by atomic mass is 9.74. The fourth-order valence-corrected chi connectivity index (χ4v) is 5.23. The van der Waals surface area contributed by atoms with Crippen molar-refractivity contribution in [2.45, 2.75) is 18.3 Å². The van der Waals surface area contributed by atoms with Crippen LogP contribution in [-0.4, -0.2) is 34.1 Å². The molecule has 1 aliphatic heterocycles. The number of carbonyl (C=O) groups is 1. The molecule has 1 amide bonds. The number of benzene rings is 2. The Balaban J connectivity index is 1.43. The SMILES string of the molecule is Nc1ccccc1NC(=O)c1ccc(C2(c3nc(-c4cnccn4)cs3)CCOCC2)cc1. The molecule has 0 bridgehead atoms. The van der Waals surface area contributed by atoms with Crippen molar-refractivity contribution in [2.75, 3.05) is 24.3 Å². The number of ether oxygens (including phenoxy) is 1. The smallest absolute Gasteiger partial charge is 0.255 e. The van der Waals surface area contributed by atoms with Gasteiger partial charge in [-0.1, -0.05) is 24.3 Å². The first-order chi connectivity index (χ1) is 16.2. The van der Waals surface area contributed by atoms with Gasteiger partial charge in [-0.25, -0.2) is 4.98 Å². The van der Waals surface area contributed by atoms with Gasteiger partial charge in [0.15, 0.2) is 0 Å². The maximum atomic E-state index is 12.8. The van der Waals surface area contributed by atoms with Crippen molar-refractivity contribution in [3.63, 3.8) is 0 Å². The van der Waals surface area contributed by atoms with Gasteiger partial charge in [-0.2, -0.15) is 0 Å². The second-order valence-corrected chi connectivity index (χ2v) is 8.80. The fraction of sp³-hybridized carbons (Fsp3) is 0.200. The summed E-state index contributed by atoms with van der Waals surface area (Å²) in [6.07, 6.45) is 6.70. The molecule has 0 spiro atoms. The van der Waals surface area contributed by atoms with Crippen LogP contribution in [0.4, 0.5) is 11.4 Å². The van der Waals surface area contributed by atoms with Crippen molar-refractivity contribution in [1.82, 2.24) is 15.0 Å². The molecule has 33 heavy (non-hydrogen) atoms. The van der Waals surface area contributed by atoms with Gasteiger partial charge in [0.25, 0.3) is 5.91 Å². The highest BCUT2D eigenvalue weighted by Gasteiger charge is 2.39. The number of nitrogen functional groups attached to an aromatic ring is 1. The second kappa shape index (κ2) is 9.09. The number of rotatable bonds is 5. The van der Waals surface area contributed by atoms with Crippen molar-refractivity contribution in [3.8, 4) is 11.4 Å². The highest BCUT2D eigenvalue weighted by atomic mass is 32.1. The van der Waals surface area contributed by atoms with Crippen LogP contribution in [0.25, 0.3) is 11.4 Å². The number of hydrogen-bond donors (Lipinski definition) is 2. The molecule has 7 nitrogen and oxygen atoms in total. The minimum atomic E-state index is -0.262. The molecule has 2 aromatic carbocycles. The van der Waals surface area contributed by atoms with Crippen molar-refractivity contribution in [3.05, 3.63) is 88.6 Å². The minimum absolute atomic E-state index is 0.195. The Labute approximate surface area is 195 Å². The molecule has 5 rings (SSSR count). The zero-order valence-corrected chi connectivity index (χ0v) is 18.7. The first-order valence-electron chi connectivity index (χ1n) is 10.7. The average Bonchev–Trinajstić information content (AvgIpc) is 3.38. The van der Waals surface area contributed by atoms with Crippen LogP contribution in [0, 0.1) is 0 Å². The van der Waals surface area contributed by atoms with Gasteiger partial charge in [-0.3, -0.25) is 14.8 Å². The van der Waals surface area contributed by atoms with E-state index in [1.165, 1.54) is 0 Å². The Kier molecular flexibility index (Phi) is 5.85. The number of anilines is 2. The first-order valence-corrected chi connectivity index (χ1v) is 11.6. The maximum absolute atomic E-state index is 12.8. The quantitative estimate of drug-likeness (QED) is 0.427. The molecule has 0 atom stereocenters. The number of nitrogens with zero attached hydrogens (tertiary/aromatic N) is 3. The molecular formula is C25H23N5O2S. The predicted molar refractivity (Wildman–Crippen MR) is 129 cm³/mol. The van der Waals surface area contributed by atoms with Gasteiger partial charge in [0.1, 0.15) is 16.4 Å². The molecule has 3 N–H and O–H groups in total. The third-order valence-electron chi connectivity index (χ3n) is 5.99. The molecule has 4 aromatic rings. The van der Waals surface area contributed by atoms with Crippen LogP contribution in [0.1, 0.15) is 33.8 Å². The molecule has 1 saturated heterocycles. The van der Waals surface area contributed by atoms with Gasteiger partial charge in [-0.15, -0.1) is 11.3 Å². The molecule has 1 aliphatic rings. The van der Waals surface area contributed by atoms with Crippen LogP contribution in [0.5, 0.6) is 0 Å². The van der Waals surface area contributed by atoms with Crippen LogP contribution in [0.2, 0.25) is 0 Å². The molecule has 0 unspecified atom stereocenters.